The van der Waals surface area contributed by atoms with Crippen molar-refractivity contribution in [3.63, 3.8) is 0 Å². The van der Waals surface area contributed by atoms with Crippen LogP contribution in [0.2, 0.25) is 0 Å². The normalized spacial score (nSPS) is 17.7. The van der Waals surface area contributed by atoms with E-state index in [1.54, 1.807) is 6.92 Å². The van der Waals surface area contributed by atoms with E-state index in [1.165, 1.54) is 19.3 Å². The van der Waals surface area contributed by atoms with Gasteiger partial charge in [0.1, 0.15) is 0 Å². The first-order chi connectivity index (χ1) is 7.49. The van der Waals surface area contributed by atoms with Gasteiger partial charge in [-0.1, -0.05) is 19.3 Å². The predicted octanol–water partition coefficient (Wildman–Crippen LogP) is 0.795. The van der Waals surface area contributed by atoms with Crippen molar-refractivity contribution < 1.29 is 18.1 Å². The van der Waals surface area contributed by atoms with Crippen LogP contribution in [-0.4, -0.2) is 43.0 Å². The Balaban J connectivity index is 0.000000673. The predicted molar refractivity (Wildman–Crippen MR) is 64.1 cm³/mol. The number of hydrogen-bond acceptors (Lipinski definition) is 4. The summed E-state index contributed by atoms with van der Waals surface area (Å²) in [6.07, 6.45) is 6.00. The lowest BCUT2D eigenvalue weighted by Crippen LogP contribution is -2.34. The van der Waals surface area contributed by atoms with E-state index in [2.05, 4.69) is 5.32 Å². The third-order valence-electron chi connectivity index (χ3n) is 2.40. The van der Waals surface area contributed by atoms with E-state index in [4.69, 9.17) is 9.66 Å². The molecule has 0 heterocycles. The van der Waals surface area contributed by atoms with Gasteiger partial charge in [0.15, 0.2) is 0 Å². The zero-order chi connectivity index (χ0) is 12.4. The molecule has 6 heteroatoms. The van der Waals surface area contributed by atoms with Crippen LogP contribution < -0.4 is 5.32 Å². The van der Waals surface area contributed by atoms with Gasteiger partial charge in [0.2, 0.25) is 0 Å². The zero-order valence-corrected chi connectivity index (χ0v) is 10.7. The molecule has 0 unspecified atom stereocenters. The van der Waals surface area contributed by atoms with Crippen molar-refractivity contribution >= 4 is 10.1 Å². The summed E-state index contributed by atoms with van der Waals surface area (Å²) in [5, 5.41) is 10.7. The number of aliphatic hydroxyl groups is 1. The first-order valence-corrected chi connectivity index (χ1v) is 7.40. The fraction of sp³-hybridized carbons (Fsp3) is 1.00. The largest absolute Gasteiger partial charge is 0.397 e. The highest BCUT2D eigenvalue weighted by molar-refractivity contribution is 7.85. The molecule has 1 aliphatic rings. The summed E-state index contributed by atoms with van der Waals surface area (Å²) in [5.74, 6) is -0.177. The molecule has 1 aliphatic carbocycles. The minimum atomic E-state index is -3.79. The lowest BCUT2D eigenvalue weighted by molar-refractivity contribution is 0.318. The fourth-order valence-corrected chi connectivity index (χ4v) is 2.07. The van der Waals surface area contributed by atoms with Gasteiger partial charge >= 0.3 is 0 Å². The topological polar surface area (TPSA) is 86.6 Å². The molecule has 5 nitrogen and oxygen atoms in total. The monoisotopic (exact) mass is 253 g/mol. The molecule has 0 aromatic rings. The summed E-state index contributed by atoms with van der Waals surface area (Å²) < 4.78 is 29.3. The maximum absolute atomic E-state index is 10.4. The van der Waals surface area contributed by atoms with Gasteiger partial charge in [0.25, 0.3) is 10.1 Å². The second kappa shape index (κ2) is 8.92. The van der Waals surface area contributed by atoms with E-state index >= 15 is 0 Å². The van der Waals surface area contributed by atoms with Gasteiger partial charge in [-0.2, -0.15) is 8.42 Å². The van der Waals surface area contributed by atoms with Gasteiger partial charge in [0, 0.05) is 19.2 Å². The van der Waals surface area contributed by atoms with Gasteiger partial charge in [0.05, 0.1) is 5.75 Å². The molecule has 0 spiro atoms. The summed E-state index contributed by atoms with van der Waals surface area (Å²) in [7, 11) is -3.79. The molecule has 1 rings (SSSR count). The summed E-state index contributed by atoms with van der Waals surface area (Å²) in [5.41, 5.74) is 0. The highest BCUT2D eigenvalue weighted by Gasteiger charge is 2.13. The van der Waals surface area contributed by atoms with Gasteiger partial charge in [-0.25, -0.2) is 0 Å². The smallest absolute Gasteiger partial charge is 0.266 e. The third kappa shape index (κ3) is 10.4. The number of rotatable bonds is 4. The first kappa shape index (κ1) is 15.8. The summed E-state index contributed by atoms with van der Waals surface area (Å²) in [6, 6.07) is 0.454. The molecule has 0 aromatic carbocycles. The van der Waals surface area contributed by atoms with Crippen LogP contribution in [0, 0.1) is 0 Å². The first-order valence-electron chi connectivity index (χ1n) is 5.79. The van der Waals surface area contributed by atoms with Gasteiger partial charge < -0.3 is 10.4 Å². The average molecular weight is 253 g/mol. The Morgan fingerprint density at radius 3 is 2.19 bits per heavy atom. The molecular formula is C10H23NO4S. The van der Waals surface area contributed by atoms with Crippen LogP contribution in [0.5, 0.6) is 0 Å². The van der Waals surface area contributed by atoms with E-state index < -0.39 is 10.1 Å². The van der Waals surface area contributed by atoms with Crippen LogP contribution >= 0.6 is 0 Å². The Labute approximate surface area is 98.0 Å². The Morgan fingerprint density at radius 1 is 1.25 bits per heavy atom. The molecule has 0 amide bonds. The van der Waals surface area contributed by atoms with Gasteiger partial charge in [-0.05, 0) is 19.8 Å². The van der Waals surface area contributed by atoms with Crippen LogP contribution in [-0.2, 0) is 10.1 Å². The molecule has 1 saturated carbocycles. The molecular weight excluding hydrogens is 230 g/mol. The van der Waals surface area contributed by atoms with Gasteiger partial charge in [-0.15, -0.1) is 0 Å². The van der Waals surface area contributed by atoms with Crippen molar-refractivity contribution in [2.75, 3.05) is 18.9 Å². The maximum atomic E-state index is 10.4. The maximum Gasteiger partial charge on any atom is 0.266 e. The second-order valence-electron chi connectivity index (χ2n) is 3.89. The van der Waals surface area contributed by atoms with Crippen molar-refractivity contribution in [2.24, 2.45) is 0 Å². The van der Waals surface area contributed by atoms with E-state index in [0.29, 0.717) is 12.6 Å². The lowest BCUT2D eigenvalue weighted by Gasteiger charge is -2.22. The van der Waals surface area contributed by atoms with Crippen molar-refractivity contribution in [1.82, 2.24) is 5.32 Å². The van der Waals surface area contributed by atoms with Crippen LogP contribution in [0.1, 0.15) is 39.0 Å². The number of aliphatic hydroxyl groups excluding tert-OH is 1. The Hall–Kier alpha value is -0.170. The summed E-state index contributed by atoms with van der Waals surface area (Å²) in [4.78, 5) is 0. The van der Waals surface area contributed by atoms with Gasteiger partial charge in [-0.3, -0.25) is 4.55 Å². The van der Waals surface area contributed by atoms with Crippen LogP contribution in [0.3, 0.4) is 0 Å². The molecule has 0 bridgehead atoms. The fourth-order valence-electron chi connectivity index (χ4n) is 1.70. The van der Waals surface area contributed by atoms with Crippen molar-refractivity contribution in [1.29, 1.82) is 0 Å². The molecule has 0 radical (unpaired) electrons. The quantitative estimate of drug-likeness (QED) is 0.645. The molecule has 16 heavy (non-hydrogen) atoms. The highest BCUT2D eigenvalue weighted by Crippen LogP contribution is 2.16. The Kier molecular flexibility index (Phi) is 8.83. The van der Waals surface area contributed by atoms with Crippen LogP contribution in [0.15, 0.2) is 0 Å². The number of nitrogens with one attached hydrogen (secondary N) is 1. The minimum absolute atomic E-state index is 0.177. The van der Waals surface area contributed by atoms with E-state index in [0.717, 1.165) is 12.8 Å². The van der Waals surface area contributed by atoms with Crippen molar-refractivity contribution in [3.05, 3.63) is 0 Å². The molecule has 3 N–H and O–H groups in total. The van der Waals surface area contributed by atoms with E-state index in [1.807, 2.05) is 0 Å². The lowest BCUT2D eigenvalue weighted by atomic mass is 9.96. The third-order valence-corrected chi connectivity index (χ3v) is 3.12. The molecule has 1 fully saturated rings. The molecule has 0 saturated heterocycles. The molecule has 98 valence electrons. The van der Waals surface area contributed by atoms with Crippen LogP contribution in [0.4, 0.5) is 0 Å². The average Bonchev–Trinajstić information content (AvgIpc) is 2.18. The molecule has 0 aromatic heterocycles. The standard InChI is InChI=1S/C8H17NO3S.C2H6O/c10-13(11,12)7-6-9-8-4-2-1-3-5-8;1-2-3/h8-9H,1-7H2,(H,10,11,12);3H,2H2,1H3. The summed E-state index contributed by atoms with van der Waals surface area (Å²) in [6.45, 7) is 2.30. The molecule has 0 atom stereocenters. The highest BCUT2D eigenvalue weighted by atomic mass is 32.2. The molecule has 0 aliphatic heterocycles. The Bertz CT molecular complexity index is 248. The van der Waals surface area contributed by atoms with Crippen molar-refractivity contribution in [3.8, 4) is 0 Å². The van der Waals surface area contributed by atoms with Crippen molar-refractivity contribution in [2.45, 2.75) is 45.1 Å². The van der Waals surface area contributed by atoms with Crippen LogP contribution in [0.25, 0.3) is 0 Å². The number of hydrogen-bond donors (Lipinski definition) is 3. The van der Waals surface area contributed by atoms with E-state index in [-0.39, 0.29) is 12.4 Å². The zero-order valence-electron chi connectivity index (χ0n) is 9.85. The second-order valence-corrected chi connectivity index (χ2v) is 5.46. The van der Waals surface area contributed by atoms with E-state index in [9.17, 15) is 8.42 Å². The summed E-state index contributed by atoms with van der Waals surface area (Å²) >= 11 is 0. The SMILES string of the molecule is CCO.O=S(=O)(O)CCNC1CCCCC1. The minimum Gasteiger partial charge on any atom is -0.397 e. The Morgan fingerprint density at radius 2 is 1.75 bits per heavy atom.